The van der Waals surface area contributed by atoms with Gasteiger partial charge in [-0.1, -0.05) is 200 Å². The van der Waals surface area contributed by atoms with Crippen LogP contribution in [-0.2, 0) is 0 Å². The number of anilines is 3. The summed E-state index contributed by atoms with van der Waals surface area (Å²) in [4.78, 5) is 2.38. The summed E-state index contributed by atoms with van der Waals surface area (Å²) in [5.41, 5.74) is 16.8. The van der Waals surface area contributed by atoms with Crippen molar-refractivity contribution in [3.63, 3.8) is 0 Å². The fraction of sp³-hybridized carbons (Fsp3) is 0. The summed E-state index contributed by atoms with van der Waals surface area (Å²) in [6, 6.07) is 84.8. The van der Waals surface area contributed by atoms with Crippen LogP contribution in [0.3, 0.4) is 0 Å². The van der Waals surface area contributed by atoms with Gasteiger partial charge in [-0.25, -0.2) is 0 Å². The molecule has 0 fully saturated rings. The molecular weight excluding hydrogens is 727 g/mol. The Morgan fingerprint density at radius 3 is 1.43 bits per heavy atom. The van der Waals surface area contributed by atoms with Gasteiger partial charge in [-0.05, 0) is 91.9 Å². The van der Waals surface area contributed by atoms with Crippen LogP contribution >= 0.6 is 0 Å². The van der Waals surface area contributed by atoms with E-state index in [1.807, 2.05) is 12.1 Å². The third-order valence-corrected chi connectivity index (χ3v) is 11.7. The van der Waals surface area contributed by atoms with Crippen molar-refractivity contribution in [2.45, 2.75) is 0 Å². The zero-order valence-electron chi connectivity index (χ0n) is 32.9. The minimum atomic E-state index is 0.904. The van der Waals surface area contributed by atoms with Gasteiger partial charge in [0.05, 0.1) is 5.69 Å². The summed E-state index contributed by atoms with van der Waals surface area (Å²) in [5, 5.41) is 4.65. The minimum absolute atomic E-state index is 0.904. The van der Waals surface area contributed by atoms with Crippen LogP contribution in [0.2, 0.25) is 0 Å². The molecule has 2 nitrogen and oxygen atoms in total. The molecule has 1 heterocycles. The van der Waals surface area contributed by atoms with Gasteiger partial charge >= 0.3 is 0 Å². The second-order valence-corrected chi connectivity index (χ2v) is 15.2. The number of furan rings is 1. The summed E-state index contributed by atoms with van der Waals surface area (Å²) in [7, 11) is 0. The second kappa shape index (κ2) is 15.1. The lowest BCUT2D eigenvalue weighted by Crippen LogP contribution is -2.10. The fourth-order valence-corrected chi connectivity index (χ4v) is 8.90. The van der Waals surface area contributed by atoms with Gasteiger partial charge in [0.2, 0.25) is 0 Å². The highest BCUT2D eigenvalue weighted by molar-refractivity contribution is 6.10. The van der Waals surface area contributed by atoms with Gasteiger partial charge in [-0.2, -0.15) is 0 Å². The fourth-order valence-electron chi connectivity index (χ4n) is 8.90. The second-order valence-electron chi connectivity index (χ2n) is 15.2. The summed E-state index contributed by atoms with van der Waals surface area (Å²) in [5.74, 6) is 0. The highest BCUT2D eigenvalue weighted by Crippen LogP contribution is 2.46. The molecule has 0 aliphatic rings. The molecule has 10 aromatic carbocycles. The molecule has 0 aliphatic heterocycles. The number of hydrogen-bond acceptors (Lipinski definition) is 2. The molecule has 60 heavy (non-hydrogen) atoms. The largest absolute Gasteiger partial charge is 0.455 e. The molecule has 0 N–H and O–H groups in total. The van der Waals surface area contributed by atoms with Crippen molar-refractivity contribution in [3.05, 3.63) is 237 Å². The monoisotopic (exact) mass is 765 g/mol. The molecule has 1 aromatic heterocycles. The number of benzene rings is 10. The Morgan fingerprint density at radius 2 is 0.733 bits per heavy atom. The average Bonchev–Trinajstić information content (AvgIpc) is 3.72. The Labute approximate surface area is 349 Å². The van der Waals surface area contributed by atoms with E-state index in [-0.39, 0.29) is 0 Å². The van der Waals surface area contributed by atoms with E-state index in [0.717, 1.165) is 55.7 Å². The lowest BCUT2D eigenvalue weighted by Gasteiger charge is -2.27. The number of rotatable bonds is 8. The molecule has 0 bridgehead atoms. The molecule has 0 spiro atoms. The first-order chi connectivity index (χ1) is 29.8. The van der Waals surface area contributed by atoms with Crippen molar-refractivity contribution in [1.29, 1.82) is 0 Å². The molecule has 11 aromatic rings. The van der Waals surface area contributed by atoms with Crippen molar-refractivity contribution in [2.75, 3.05) is 4.90 Å². The maximum Gasteiger partial charge on any atom is 0.143 e. The van der Waals surface area contributed by atoms with Gasteiger partial charge in [-0.3, -0.25) is 0 Å². The van der Waals surface area contributed by atoms with E-state index in [1.54, 1.807) is 0 Å². The minimum Gasteiger partial charge on any atom is -0.455 e. The maximum absolute atomic E-state index is 6.44. The van der Waals surface area contributed by atoms with Crippen LogP contribution in [0.1, 0.15) is 0 Å². The van der Waals surface area contributed by atoms with Crippen molar-refractivity contribution in [1.82, 2.24) is 0 Å². The molecule has 2 heteroatoms. The number of para-hydroxylation sites is 2. The van der Waals surface area contributed by atoms with Crippen LogP contribution in [0.5, 0.6) is 0 Å². The van der Waals surface area contributed by atoms with Gasteiger partial charge in [0.1, 0.15) is 11.2 Å². The highest BCUT2D eigenvalue weighted by Gasteiger charge is 2.20. The predicted octanol–water partition coefficient (Wildman–Crippen LogP) is 16.5. The van der Waals surface area contributed by atoms with Gasteiger partial charge in [0.15, 0.2) is 0 Å². The van der Waals surface area contributed by atoms with Gasteiger partial charge in [-0.15, -0.1) is 0 Å². The quantitative estimate of drug-likeness (QED) is 0.153. The van der Waals surface area contributed by atoms with E-state index >= 15 is 0 Å². The Kier molecular flexibility index (Phi) is 8.87. The molecule has 0 aliphatic carbocycles. The van der Waals surface area contributed by atoms with Crippen molar-refractivity contribution in [2.24, 2.45) is 0 Å². The topological polar surface area (TPSA) is 16.4 Å². The first-order valence-corrected chi connectivity index (χ1v) is 20.5. The number of hydrogen-bond donors (Lipinski definition) is 0. The van der Waals surface area contributed by atoms with Crippen LogP contribution in [-0.4, -0.2) is 0 Å². The van der Waals surface area contributed by atoms with Crippen molar-refractivity contribution in [3.8, 4) is 55.6 Å². The molecule has 282 valence electrons. The van der Waals surface area contributed by atoms with E-state index in [2.05, 4.69) is 229 Å². The van der Waals surface area contributed by atoms with Crippen LogP contribution in [0, 0.1) is 0 Å². The molecule has 0 radical (unpaired) electrons. The Bertz CT molecular complexity index is 3290. The van der Waals surface area contributed by atoms with Crippen LogP contribution in [0.25, 0.3) is 88.3 Å². The third kappa shape index (κ3) is 6.23. The molecule has 0 saturated carbocycles. The first-order valence-electron chi connectivity index (χ1n) is 20.5. The van der Waals surface area contributed by atoms with Crippen LogP contribution in [0.15, 0.2) is 241 Å². The predicted molar refractivity (Wildman–Crippen MR) is 253 cm³/mol. The van der Waals surface area contributed by atoms with Crippen LogP contribution < -0.4 is 4.90 Å². The van der Waals surface area contributed by atoms with Crippen molar-refractivity contribution >= 4 is 49.8 Å². The molecule has 0 amide bonds. The maximum atomic E-state index is 6.44. The number of fused-ring (bicyclic) bond motifs is 4. The average molecular weight is 766 g/mol. The Balaban J connectivity index is 1.05. The van der Waals surface area contributed by atoms with Crippen LogP contribution in [0.4, 0.5) is 17.1 Å². The SMILES string of the molecule is c1ccc(-c2ccccc2-c2c(-c3ccccc3)cccc2-c2ccc(N(c3ccc(-c4cccc5c4oc4ccccc45)cc3)c3cccc4ccccc34)cc2)cc1. The lowest BCUT2D eigenvalue weighted by atomic mass is 9.84. The Hall–Kier alpha value is -7.94. The smallest absolute Gasteiger partial charge is 0.143 e. The van der Waals surface area contributed by atoms with Gasteiger partial charge < -0.3 is 9.32 Å². The zero-order valence-corrected chi connectivity index (χ0v) is 32.9. The summed E-state index contributed by atoms with van der Waals surface area (Å²) in [6.45, 7) is 0. The normalized spacial score (nSPS) is 11.3. The van der Waals surface area contributed by atoms with E-state index < -0.39 is 0 Å². The van der Waals surface area contributed by atoms with E-state index in [0.29, 0.717) is 0 Å². The third-order valence-electron chi connectivity index (χ3n) is 11.7. The molecule has 11 rings (SSSR count). The van der Waals surface area contributed by atoms with E-state index in [1.165, 1.54) is 49.7 Å². The summed E-state index contributed by atoms with van der Waals surface area (Å²) >= 11 is 0. The van der Waals surface area contributed by atoms with E-state index in [4.69, 9.17) is 4.42 Å². The first kappa shape index (κ1) is 35.2. The van der Waals surface area contributed by atoms with E-state index in [9.17, 15) is 0 Å². The summed E-state index contributed by atoms with van der Waals surface area (Å²) in [6.07, 6.45) is 0. The van der Waals surface area contributed by atoms with Crippen molar-refractivity contribution < 1.29 is 4.42 Å². The standard InChI is InChI=1S/C58H39NO/c1-3-16-40(17-4-1)47-22-9-10-25-53(47)57-49(42-18-5-2-6-19-42)26-14-27-50(57)43-32-36-45(37-33-43)59(55-30-13-21-41-20-7-8-23-48(41)55)46-38-34-44(35-39-46)51-28-15-29-54-52-24-11-12-31-56(52)60-58(51)54/h1-39H. The highest BCUT2D eigenvalue weighted by atomic mass is 16.3. The zero-order chi connectivity index (χ0) is 39.8. The molecular formula is C58H39NO. The number of nitrogens with zero attached hydrogens (tertiary/aromatic N) is 1. The molecule has 0 unspecified atom stereocenters. The summed E-state index contributed by atoms with van der Waals surface area (Å²) < 4.78 is 6.44. The molecule has 0 atom stereocenters. The van der Waals surface area contributed by atoms with Gasteiger partial charge in [0.25, 0.3) is 0 Å². The molecule has 0 saturated heterocycles. The van der Waals surface area contributed by atoms with Gasteiger partial charge in [0, 0.05) is 33.1 Å². The lowest BCUT2D eigenvalue weighted by molar-refractivity contribution is 0.670. The Morgan fingerprint density at radius 1 is 0.283 bits per heavy atom.